The van der Waals surface area contributed by atoms with Gasteiger partial charge in [-0.3, -0.25) is 4.79 Å². The Morgan fingerprint density at radius 1 is 1.62 bits per heavy atom. The fourth-order valence-corrected chi connectivity index (χ4v) is 0.769. The van der Waals surface area contributed by atoms with Crippen LogP contribution in [0.1, 0.15) is 12.8 Å². The summed E-state index contributed by atoms with van der Waals surface area (Å²) < 4.78 is 0. The second-order valence-corrected chi connectivity index (χ2v) is 2.58. The monoisotopic (exact) mass is 180 g/mol. The lowest BCUT2D eigenvalue weighted by Crippen LogP contribution is -2.34. The summed E-state index contributed by atoms with van der Waals surface area (Å²) in [5.74, 6) is 2.51. The average molecular weight is 180 g/mol. The van der Waals surface area contributed by atoms with Crippen LogP contribution in [-0.2, 0) is 4.79 Å². The number of terminal acetylenes is 1. The number of hydrogen-bond donors (Lipinski definition) is 2. The molecule has 0 aromatic rings. The Bertz CT molecular complexity index is 194. The first-order valence-corrected chi connectivity index (χ1v) is 4.33. The van der Waals surface area contributed by atoms with Crippen LogP contribution in [0.15, 0.2) is 12.7 Å². The van der Waals surface area contributed by atoms with Gasteiger partial charge in [-0.25, -0.2) is 0 Å². The first-order chi connectivity index (χ1) is 6.31. The molecule has 0 unspecified atom stereocenters. The van der Waals surface area contributed by atoms with Crippen LogP contribution in [-0.4, -0.2) is 25.5 Å². The van der Waals surface area contributed by atoms with E-state index >= 15 is 0 Å². The molecule has 3 heteroatoms. The topological polar surface area (TPSA) is 41.1 Å². The van der Waals surface area contributed by atoms with Crippen LogP contribution in [0.4, 0.5) is 0 Å². The van der Waals surface area contributed by atoms with Crippen molar-refractivity contribution in [2.75, 3.05) is 19.6 Å². The maximum atomic E-state index is 11.0. The van der Waals surface area contributed by atoms with Gasteiger partial charge in [0.05, 0.1) is 6.54 Å². The van der Waals surface area contributed by atoms with Crippen molar-refractivity contribution in [1.82, 2.24) is 10.6 Å². The van der Waals surface area contributed by atoms with Gasteiger partial charge in [0.25, 0.3) is 0 Å². The van der Waals surface area contributed by atoms with Crippen LogP contribution in [0.25, 0.3) is 0 Å². The molecule has 13 heavy (non-hydrogen) atoms. The van der Waals surface area contributed by atoms with Gasteiger partial charge in [-0.05, 0) is 6.42 Å². The summed E-state index contributed by atoms with van der Waals surface area (Å²) in [5, 5.41) is 5.65. The third-order valence-corrected chi connectivity index (χ3v) is 1.39. The molecule has 0 saturated carbocycles. The van der Waals surface area contributed by atoms with Gasteiger partial charge in [-0.15, -0.1) is 18.9 Å². The lowest BCUT2D eigenvalue weighted by atomic mass is 10.3. The summed E-state index contributed by atoms with van der Waals surface area (Å²) in [6.45, 7) is 5.17. The van der Waals surface area contributed by atoms with Gasteiger partial charge in [0.15, 0.2) is 0 Å². The zero-order valence-corrected chi connectivity index (χ0v) is 7.81. The molecule has 1 amide bonds. The van der Waals surface area contributed by atoms with E-state index in [4.69, 9.17) is 6.42 Å². The molecular weight excluding hydrogens is 164 g/mol. The predicted octanol–water partition coefficient (Wildman–Crippen LogP) is 0.292. The van der Waals surface area contributed by atoms with Crippen molar-refractivity contribution in [3.05, 3.63) is 12.7 Å². The number of unbranched alkanes of at least 4 members (excludes halogenated alkanes) is 1. The Morgan fingerprint density at radius 2 is 2.38 bits per heavy atom. The van der Waals surface area contributed by atoms with Crippen molar-refractivity contribution in [3.8, 4) is 12.3 Å². The molecule has 3 nitrogen and oxygen atoms in total. The highest BCUT2D eigenvalue weighted by atomic mass is 16.1. The van der Waals surface area contributed by atoms with E-state index in [-0.39, 0.29) is 5.91 Å². The summed E-state index contributed by atoms with van der Waals surface area (Å²) in [6.07, 6.45) is 8.32. The van der Waals surface area contributed by atoms with Gasteiger partial charge < -0.3 is 10.6 Å². The lowest BCUT2D eigenvalue weighted by Gasteiger charge is -2.03. The Hall–Kier alpha value is -1.27. The Balaban J connectivity index is 3.21. The number of carbonyl (C=O) groups excluding carboxylic acids is 1. The fourth-order valence-electron chi connectivity index (χ4n) is 0.769. The third-order valence-electron chi connectivity index (χ3n) is 1.39. The molecule has 72 valence electrons. The maximum Gasteiger partial charge on any atom is 0.233 e. The van der Waals surface area contributed by atoms with E-state index in [2.05, 4.69) is 23.1 Å². The largest absolute Gasteiger partial charge is 0.355 e. The fraction of sp³-hybridized carbons (Fsp3) is 0.500. The summed E-state index contributed by atoms with van der Waals surface area (Å²) in [6, 6.07) is 0. The molecule has 0 atom stereocenters. The SMILES string of the molecule is C#CCCCNC(=O)CNCC=C. The van der Waals surface area contributed by atoms with E-state index in [0.717, 1.165) is 6.42 Å². The van der Waals surface area contributed by atoms with Crippen LogP contribution in [0.3, 0.4) is 0 Å². The summed E-state index contributed by atoms with van der Waals surface area (Å²) in [7, 11) is 0. The second-order valence-electron chi connectivity index (χ2n) is 2.58. The molecule has 0 radical (unpaired) electrons. The van der Waals surface area contributed by atoms with Gasteiger partial charge in [0, 0.05) is 19.5 Å². The minimum Gasteiger partial charge on any atom is -0.355 e. The third kappa shape index (κ3) is 8.64. The van der Waals surface area contributed by atoms with Crippen molar-refractivity contribution in [1.29, 1.82) is 0 Å². The molecular formula is C10H16N2O. The Labute approximate surface area is 79.6 Å². The zero-order valence-electron chi connectivity index (χ0n) is 7.81. The van der Waals surface area contributed by atoms with Crippen LogP contribution >= 0.6 is 0 Å². The highest BCUT2D eigenvalue weighted by Gasteiger charge is 1.96. The zero-order chi connectivity index (χ0) is 9.94. The number of rotatable bonds is 7. The van der Waals surface area contributed by atoms with Crippen molar-refractivity contribution in [2.24, 2.45) is 0 Å². The number of carbonyl (C=O) groups is 1. The van der Waals surface area contributed by atoms with E-state index in [1.165, 1.54) is 0 Å². The molecule has 0 fully saturated rings. The summed E-state index contributed by atoms with van der Waals surface area (Å²) in [5.41, 5.74) is 0. The molecule has 0 aliphatic carbocycles. The van der Waals surface area contributed by atoms with E-state index in [1.807, 2.05) is 0 Å². The van der Waals surface area contributed by atoms with Gasteiger partial charge >= 0.3 is 0 Å². The molecule has 0 aromatic heterocycles. The van der Waals surface area contributed by atoms with Crippen molar-refractivity contribution >= 4 is 5.91 Å². The molecule has 2 N–H and O–H groups in total. The molecule has 0 heterocycles. The van der Waals surface area contributed by atoms with E-state index in [0.29, 0.717) is 26.1 Å². The van der Waals surface area contributed by atoms with E-state index < -0.39 is 0 Å². The maximum absolute atomic E-state index is 11.0. The van der Waals surface area contributed by atoms with E-state index in [9.17, 15) is 4.79 Å². The Morgan fingerprint density at radius 3 is 3.00 bits per heavy atom. The minimum atomic E-state index is -0.00104. The van der Waals surface area contributed by atoms with Crippen LogP contribution in [0.5, 0.6) is 0 Å². The van der Waals surface area contributed by atoms with Crippen LogP contribution < -0.4 is 10.6 Å². The Kier molecular flexibility index (Phi) is 7.96. The number of nitrogens with one attached hydrogen (secondary N) is 2. The molecule has 0 saturated heterocycles. The highest BCUT2D eigenvalue weighted by Crippen LogP contribution is 1.81. The van der Waals surface area contributed by atoms with Gasteiger partial charge in [0.1, 0.15) is 0 Å². The van der Waals surface area contributed by atoms with Crippen molar-refractivity contribution in [2.45, 2.75) is 12.8 Å². The number of hydrogen-bond acceptors (Lipinski definition) is 2. The van der Waals surface area contributed by atoms with Gasteiger partial charge in [-0.1, -0.05) is 6.08 Å². The standard InChI is InChI=1S/C10H16N2O/c1-3-5-6-8-12-10(13)9-11-7-4-2/h1,4,11H,2,5-9H2,(H,12,13). The average Bonchev–Trinajstić information content (AvgIpc) is 2.13. The number of amides is 1. The van der Waals surface area contributed by atoms with E-state index in [1.54, 1.807) is 6.08 Å². The predicted molar refractivity (Wildman–Crippen MR) is 54.1 cm³/mol. The van der Waals surface area contributed by atoms with Crippen LogP contribution in [0.2, 0.25) is 0 Å². The molecule has 0 spiro atoms. The molecule has 0 aliphatic rings. The minimum absolute atomic E-state index is 0.00104. The van der Waals surface area contributed by atoms with Gasteiger partial charge in [0.2, 0.25) is 5.91 Å². The first-order valence-electron chi connectivity index (χ1n) is 4.33. The lowest BCUT2D eigenvalue weighted by molar-refractivity contribution is -0.120. The molecule has 0 bridgehead atoms. The molecule has 0 aromatic carbocycles. The highest BCUT2D eigenvalue weighted by molar-refractivity contribution is 5.77. The van der Waals surface area contributed by atoms with Gasteiger partial charge in [-0.2, -0.15) is 0 Å². The second kappa shape index (κ2) is 8.82. The van der Waals surface area contributed by atoms with Crippen LogP contribution in [0, 0.1) is 12.3 Å². The summed E-state index contributed by atoms with van der Waals surface area (Å²) >= 11 is 0. The quantitative estimate of drug-likeness (QED) is 0.336. The summed E-state index contributed by atoms with van der Waals surface area (Å²) in [4.78, 5) is 11.0. The first kappa shape index (κ1) is 11.7. The van der Waals surface area contributed by atoms with Crippen molar-refractivity contribution in [3.63, 3.8) is 0 Å². The molecule has 0 aliphatic heterocycles. The molecule has 0 rings (SSSR count). The normalized spacial score (nSPS) is 8.85. The van der Waals surface area contributed by atoms with Crippen molar-refractivity contribution < 1.29 is 4.79 Å². The smallest absolute Gasteiger partial charge is 0.233 e.